The number of carbonyl (C=O) groups is 1. The maximum absolute atomic E-state index is 12.4. The highest BCUT2D eigenvalue weighted by Crippen LogP contribution is 2.25. The van der Waals surface area contributed by atoms with Crippen molar-refractivity contribution in [1.82, 2.24) is 20.2 Å². The van der Waals surface area contributed by atoms with E-state index >= 15 is 0 Å². The number of nitrogens with zero attached hydrogens (tertiary/aromatic N) is 3. The predicted molar refractivity (Wildman–Crippen MR) is 122 cm³/mol. The summed E-state index contributed by atoms with van der Waals surface area (Å²) in [6.45, 7) is 0. The number of hydrogen-bond donors (Lipinski definition) is 2. The average Bonchev–Trinajstić information content (AvgIpc) is 3.16. The van der Waals surface area contributed by atoms with Gasteiger partial charge in [0, 0.05) is 22.7 Å². The van der Waals surface area contributed by atoms with Crippen LogP contribution in [0.3, 0.4) is 0 Å². The topological polar surface area (TPSA) is 92.8 Å². The van der Waals surface area contributed by atoms with Crippen molar-refractivity contribution in [2.75, 3.05) is 11.1 Å². The van der Waals surface area contributed by atoms with Gasteiger partial charge in [-0.05, 0) is 30.3 Å². The molecule has 0 radical (unpaired) electrons. The first kappa shape index (κ1) is 19.1. The number of ether oxygens (including phenoxy) is 1. The Morgan fingerprint density at radius 1 is 0.935 bits per heavy atom. The van der Waals surface area contributed by atoms with E-state index in [1.165, 1.54) is 11.8 Å². The Kier molecular flexibility index (Phi) is 5.20. The number of nitrogens with one attached hydrogen (secondary N) is 2. The van der Waals surface area contributed by atoms with Gasteiger partial charge in [-0.3, -0.25) is 4.79 Å². The zero-order valence-electron chi connectivity index (χ0n) is 16.3. The van der Waals surface area contributed by atoms with Gasteiger partial charge in [-0.15, -0.1) is 10.2 Å². The van der Waals surface area contributed by atoms with E-state index in [0.717, 1.165) is 22.2 Å². The Hall–Kier alpha value is -3.91. The summed E-state index contributed by atoms with van der Waals surface area (Å²) in [7, 11) is 0. The molecule has 2 N–H and O–H groups in total. The highest BCUT2D eigenvalue weighted by molar-refractivity contribution is 7.99. The molecule has 31 heavy (non-hydrogen) atoms. The summed E-state index contributed by atoms with van der Waals surface area (Å²) in [6, 6.07) is 24.6. The first-order valence-electron chi connectivity index (χ1n) is 9.61. The number of hydrogen-bond acceptors (Lipinski definition) is 6. The van der Waals surface area contributed by atoms with Gasteiger partial charge in [-0.2, -0.15) is 0 Å². The summed E-state index contributed by atoms with van der Waals surface area (Å²) in [5, 5.41) is 12.7. The van der Waals surface area contributed by atoms with Crippen LogP contribution in [-0.2, 0) is 4.79 Å². The summed E-state index contributed by atoms with van der Waals surface area (Å²) in [6.07, 6.45) is 0. The third-order valence-electron chi connectivity index (χ3n) is 4.53. The molecule has 152 valence electrons. The maximum Gasteiger partial charge on any atom is 0.234 e. The molecule has 2 heterocycles. The first-order valence-corrected chi connectivity index (χ1v) is 10.6. The van der Waals surface area contributed by atoms with Crippen molar-refractivity contribution in [3.05, 3.63) is 78.9 Å². The zero-order valence-corrected chi connectivity index (χ0v) is 17.1. The summed E-state index contributed by atoms with van der Waals surface area (Å²) < 4.78 is 5.81. The third kappa shape index (κ3) is 4.34. The molecular weight excluding hydrogens is 410 g/mol. The van der Waals surface area contributed by atoms with Gasteiger partial charge in [0.2, 0.25) is 11.1 Å². The van der Waals surface area contributed by atoms with Crippen LogP contribution < -0.4 is 10.1 Å². The normalized spacial score (nSPS) is 11.0. The minimum Gasteiger partial charge on any atom is -0.457 e. The fourth-order valence-electron chi connectivity index (χ4n) is 3.16. The fraction of sp³-hybridized carbons (Fsp3) is 0.0435. The summed E-state index contributed by atoms with van der Waals surface area (Å²) in [5.74, 6) is 1.38. The Morgan fingerprint density at radius 3 is 2.65 bits per heavy atom. The number of para-hydroxylation sites is 2. The molecule has 2 aromatic heterocycles. The molecule has 8 heteroatoms. The van der Waals surface area contributed by atoms with Crippen molar-refractivity contribution in [2.24, 2.45) is 0 Å². The van der Waals surface area contributed by atoms with Gasteiger partial charge in [0.15, 0.2) is 5.65 Å². The van der Waals surface area contributed by atoms with Crippen molar-refractivity contribution in [1.29, 1.82) is 0 Å². The smallest absolute Gasteiger partial charge is 0.234 e. The van der Waals surface area contributed by atoms with Gasteiger partial charge in [-0.25, -0.2) is 4.98 Å². The molecule has 0 aliphatic heterocycles. The lowest BCUT2D eigenvalue weighted by atomic mass is 10.2. The van der Waals surface area contributed by atoms with E-state index in [0.29, 0.717) is 22.2 Å². The number of thioether (sulfide) groups is 1. The monoisotopic (exact) mass is 427 g/mol. The molecule has 5 rings (SSSR count). The van der Waals surface area contributed by atoms with E-state index in [9.17, 15) is 4.79 Å². The van der Waals surface area contributed by atoms with Gasteiger partial charge < -0.3 is 15.0 Å². The molecule has 7 nitrogen and oxygen atoms in total. The van der Waals surface area contributed by atoms with E-state index in [4.69, 9.17) is 4.74 Å². The second-order valence-electron chi connectivity index (χ2n) is 6.74. The molecule has 0 aliphatic rings. The lowest BCUT2D eigenvalue weighted by Gasteiger charge is -2.08. The van der Waals surface area contributed by atoms with Gasteiger partial charge in [0.05, 0.1) is 5.75 Å². The number of rotatable bonds is 6. The van der Waals surface area contributed by atoms with Gasteiger partial charge in [0.1, 0.15) is 17.0 Å². The van der Waals surface area contributed by atoms with E-state index in [-0.39, 0.29) is 11.7 Å². The standard InChI is InChI=1S/C23H17N5O2S/c29-20(24-15-7-6-10-17(13-15)30-16-8-2-1-3-9-16)14-31-23-26-22-21(27-28-23)18-11-4-5-12-19(18)25-22/h1-13H,14H2,(H,24,29)(H,25,26,28). The van der Waals surface area contributed by atoms with Crippen LogP contribution in [0.1, 0.15) is 0 Å². The van der Waals surface area contributed by atoms with Crippen LogP contribution in [0.4, 0.5) is 5.69 Å². The molecule has 0 atom stereocenters. The summed E-state index contributed by atoms with van der Waals surface area (Å²) in [4.78, 5) is 20.1. The average molecular weight is 427 g/mol. The number of anilines is 1. The first-order chi connectivity index (χ1) is 15.2. The highest BCUT2D eigenvalue weighted by atomic mass is 32.2. The Labute approximate surface area is 181 Å². The van der Waals surface area contributed by atoms with E-state index in [1.807, 2.05) is 72.8 Å². The van der Waals surface area contributed by atoms with Crippen LogP contribution in [0.5, 0.6) is 11.5 Å². The number of H-pyrrole nitrogens is 1. The molecule has 3 aromatic carbocycles. The zero-order chi connectivity index (χ0) is 21.0. The van der Waals surface area contributed by atoms with Crippen LogP contribution in [0, 0.1) is 0 Å². The van der Waals surface area contributed by atoms with Crippen molar-refractivity contribution >= 4 is 45.4 Å². The highest BCUT2D eigenvalue weighted by Gasteiger charge is 2.11. The second kappa shape index (κ2) is 8.45. The minimum absolute atomic E-state index is 0.164. The lowest BCUT2D eigenvalue weighted by Crippen LogP contribution is -2.14. The molecule has 5 aromatic rings. The lowest BCUT2D eigenvalue weighted by molar-refractivity contribution is -0.113. The van der Waals surface area contributed by atoms with Crippen molar-refractivity contribution in [3.8, 4) is 11.5 Å². The van der Waals surface area contributed by atoms with Crippen molar-refractivity contribution in [2.45, 2.75) is 5.16 Å². The molecule has 1 amide bonds. The maximum atomic E-state index is 12.4. The van der Waals surface area contributed by atoms with Crippen LogP contribution in [0.25, 0.3) is 22.1 Å². The minimum atomic E-state index is -0.165. The van der Waals surface area contributed by atoms with Crippen molar-refractivity contribution in [3.63, 3.8) is 0 Å². The second-order valence-corrected chi connectivity index (χ2v) is 7.68. The quantitative estimate of drug-likeness (QED) is 0.369. The number of fused-ring (bicyclic) bond motifs is 3. The molecule has 0 saturated carbocycles. The van der Waals surface area contributed by atoms with Crippen molar-refractivity contribution < 1.29 is 9.53 Å². The number of aromatic amines is 1. The Morgan fingerprint density at radius 2 is 1.74 bits per heavy atom. The number of carbonyl (C=O) groups excluding carboxylic acids is 1. The van der Waals surface area contributed by atoms with Gasteiger partial charge in [0.25, 0.3) is 0 Å². The molecule has 0 aliphatic carbocycles. The Balaban J connectivity index is 1.23. The predicted octanol–water partition coefficient (Wildman–Crippen LogP) is 5.03. The largest absolute Gasteiger partial charge is 0.457 e. The summed E-state index contributed by atoms with van der Waals surface area (Å²) >= 11 is 1.23. The Bertz CT molecular complexity index is 1370. The molecule has 0 unspecified atom stereocenters. The van der Waals surface area contributed by atoms with Crippen LogP contribution in [-0.4, -0.2) is 31.8 Å². The van der Waals surface area contributed by atoms with Gasteiger partial charge >= 0.3 is 0 Å². The van der Waals surface area contributed by atoms with Gasteiger partial charge in [-0.1, -0.05) is 54.2 Å². The van der Waals surface area contributed by atoms with E-state index < -0.39 is 0 Å². The van der Waals surface area contributed by atoms with E-state index in [2.05, 4.69) is 25.5 Å². The molecule has 0 fully saturated rings. The van der Waals surface area contributed by atoms with E-state index in [1.54, 1.807) is 6.07 Å². The van der Waals surface area contributed by atoms with Crippen LogP contribution in [0.15, 0.2) is 84.0 Å². The molecule has 0 saturated heterocycles. The van der Waals surface area contributed by atoms with Crippen LogP contribution >= 0.6 is 11.8 Å². The SMILES string of the molecule is O=C(CSc1nnc2c(n1)[nH]c1ccccc12)Nc1cccc(Oc2ccccc2)c1. The molecule has 0 spiro atoms. The fourth-order valence-corrected chi connectivity index (χ4v) is 3.74. The van der Waals surface area contributed by atoms with Crippen LogP contribution in [0.2, 0.25) is 0 Å². The molecular formula is C23H17N5O2S. The molecule has 0 bridgehead atoms. The number of amides is 1. The number of benzene rings is 3. The third-order valence-corrected chi connectivity index (χ3v) is 5.37. The summed E-state index contributed by atoms with van der Waals surface area (Å²) in [5.41, 5.74) is 2.99. The number of aromatic nitrogens is 4.